The number of hydrogen-bond donors (Lipinski definition) is 2. The summed E-state index contributed by atoms with van der Waals surface area (Å²) in [6, 6.07) is 6.56. The quantitative estimate of drug-likeness (QED) is 0.562. The predicted molar refractivity (Wildman–Crippen MR) is 79.4 cm³/mol. The van der Waals surface area contributed by atoms with Crippen LogP contribution in [0.3, 0.4) is 0 Å². The first kappa shape index (κ1) is 13.8. The van der Waals surface area contributed by atoms with Gasteiger partial charge in [-0.1, -0.05) is 6.07 Å². The van der Waals surface area contributed by atoms with Crippen LogP contribution in [0.1, 0.15) is 17.0 Å². The van der Waals surface area contributed by atoms with Crippen LogP contribution in [0.4, 0.5) is 0 Å². The number of hydrogen-bond acceptors (Lipinski definition) is 6. The molecule has 112 valence electrons. The molecule has 0 aliphatic heterocycles. The van der Waals surface area contributed by atoms with Crippen molar-refractivity contribution in [3.8, 4) is 17.4 Å². The highest BCUT2D eigenvalue weighted by Gasteiger charge is 2.10. The average molecular weight is 298 g/mol. The number of nitrogens with zero attached hydrogens (tertiary/aromatic N) is 6. The van der Waals surface area contributed by atoms with E-state index in [-0.39, 0.29) is 11.5 Å². The third-order valence-electron chi connectivity index (χ3n) is 3.08. The van der Waals surface area contributed by atoms with Crippen molar-refractivity contribution in [3.63, 3.8) is 0 Å². The van der Waals surface area contributed by atoms with Crippen LogP contribution in [-0.4, -0.2) is 41.1 Å². The molecule has 0 spiro atoms. The minimum absolute atomic E-state index is 0.202. The van der Waals surface area contributed by atoms with Gasteiger partial charge in [0.2, 0.25) is 0 Å². The maximum absolute atomic E-state index is 9.76. The number of aromatic nitrogens is 5. The van der Waals surface area contributed by atoms with Gasteiger partial charge in [0.15, 0.2) is 11.5 Å². The van der Waals surface area contributed by atoms with Crippen molar-refractivity contribution in [1.82, 2.24) is 24.7 Å². The van der Waals surface area contributed by atoms with Crippen LogP contribution in [0, 0.1) is 13.8 Å². The third-order valence-corrected chi connectivity index (χ3v) is 3.08. The van der Waals surface area contributed by atoms with E-state index in [4.69, 9.17) is 0 Å². The van der Waals surface area contributed by atoms with E-state index in [1.165, 1.54) is 23.3 Å². The van der Waals surface area contributed by atoms with Gasteiger partial charge in [-0.2, -0.15) is 14.9 Å². The van der Waals surface area contributed by atoms with Crippen molar-refractivity contribution in [3.05, 3.63) is 47.5 Å². The summed E-state index contributed by atoms with van der Waals surface area (Å²) in [4.78, 5) is 0. The summed E-state index contributed by atoms with van der Waals surface area (Å²) in [6.07, 6.45) is 2.84. The van der Waals surface area contributed by atoms with Gasteiger partial charge in [0.05, 0.1) is 11.9 Å². The lowest BCUT2D eigenvalue weighted by Crippen LogP contribution is -2.06. The summed E-state index contributed by atoms with van der Waals surface area (Å²) < 4.78 is 3.06. The molecular formula is C14H14N6O2. The highest BCUT2D eigenvalue weighted by molar-refractivity contribution is 5.84. The Balaban J connectivity index is 1.98. The molecule has 2 aromatic heterocycles. The Labute approximate surface area is 126 Å². The second kappa shape index (κ2) is 5.32. The van der Waals surface area contributed by atoms with Gasteiger partial charge in [0, 0.05) is 11.3 Å². The third kappa shape index (κ3) is 2.41. The molecule has 0 saturated heterocycles. The summed E-state index contributed by atoms with van der Waals surface area (Å²) in [5.74, 6) is -0.0000402. The van der Waals surface area contributed by atoms with E-state index in [2.05, 4.69) is 20.4 Å². The van der Waals surface area contributed by atoms with Gasteiger partial charge in [-0.15, -0.1) is 10.2 Å². The van der Waals surface area contributed by atoms with E-state index < -0.39 is 0 Å². The molecule has 0 aliphatic carbocycles. The van der Waals surface area contributed by atoms with E-state index in [9.17, 15) is 10.2 Å². The van der Waals surface area contributed by atoms with Gasteiger partial charge in [-0.05, 0) is 32.0 Å². The standard InChI is InChI=1S/C14H14N6O2/c1-9-6-10(2)20(18-9)14-17-15-8-19(14)16-7-11-4-3-5-12(21)13(11)22/h3-8,21-22H,1-2H3/b16-7+. The minimum Gasteiger partial charge on any atom is -0.504 e. The number of benzene rings is 1. The zero-order valence-electron chi connectivity index (χ0n) is 12.0. The van der Waals surface area contributed by atoms with Crippen LogP contribution >= 0.6 is 0 Å². The molecule has 0 radical (unpaired) electrons. The van der Waals surface area contributed by atoms with Crippen LogP contribution in [0.5, 0.6) is 11.5 Å². The molecule has 0 aliphatic rings. The van der Waals surface area contributed by atoms with Crippen molar-refractivity contribution in [2.24, 2.45) is 5.10 Å². The summed E-state index contributed by atoms with van der Waals surface area (Å²) >= 11 is 0. The van der Waals surface area contributed by atoms with Gasteiger partial charge in [0.25, 0.3) is 5.95 Å². The Hall–Kier alpha value is -3.16. The van der Waals surface area contributed by atoms with E-state index in [1.807, 2.05) is 19.9 Å². The highest BCUT2D eigenvalue weighted by atomic mass is 16.3. The van der Waals surface area contributed by atoms with Crippen LogP contribution in [0.15, 0.2) is 35.7 Å². The molecule has 2 N–H and O–H groups in total. The first-order chi connectivity index (χ1) is 10.6. The molecule has 3 aromatic rings. The summed E-state index contributed by atoms with van der Waals surface area (Å²) in [7, 11) is 0. The number of para-hydroxylation sites is 1. The maximum Gasteiger partial charge on any atom is 0.273 e. The van der Waals surface area contributed by atoms with E-state index in [0.29, 0.717) is 11.5 Å². The fourth-order valence-corrected chi connectivity index (χ4v) is 2.05. The normalized spacial score (nSPS) is 11.4. The van der Waals surface area contributed by atoms with Crippen LogP contribution in [0.2, 0.25) is 0 Å². The predicted octanol–water partition coefficient (Wildman–Crippen LogP) is 1.37. The number of phenolic OH excluding ortho intramolecular Hbond substituents is 2. The zero-order chi connectivity index (χ0) is 15.7. The molecule has 8 nitrogen and oxygen atoms in total. The fraction of sp³-hybridized carbons (Fsp3) is 0.143. The molecule has 1 aromatic carbocycles. The van der Waals surface area contributed by atoms with Crippen molar-refractivity contribution in [2.45, 2.75) is 13.8 Å². The number of rotatable bonds is 3. The van der Waals surface area contributed by atoms with Gasteiger partial charge in [-0.3, -0.25) is 0 Å². The first-order valence-electron chi connectivity index (χ1n) is 6.55. The number of aryl methyl sites for hydroxylation is 2. The molecule has 2 heterocycles. The Morgan fingerprint density at radius 1 is 1.23 bits per heavy atom. The van der Waals surface area contributed by atoms with Crippen molar-refractivity contribution < 1.29 is 10.2 Å². The first-order valence-corrected chi connectivity index (χ1v) is 6.55. The van der Waals surface area contributed by atoms with Crippen molar-refractivity contribution in [2.75, 3.05) is 0 Å². The van der Waals surface area contributed by atoms with E-state index in [1.54, 1.807) is 16.8 Å². The maximum atomic E-state index is 9.76. The largest absolute Gasteiger partial charge is 0.504 e. The molecule has 3 rings (SSSR count). The SMILES string of the molecule is Cc1cc(C)n(-c2nncn2/N=C/c2cccc(O)c2O)n1. The molecular weight excluding hydrogens is 284 g/mol. The van der Waals surface area contributed by atoms with Crippen LogP contribution in [-0.2, 0) is 0 Å². The van der Waals surface area contributed by atoms with Gasteiger partial charge in [-0.25, -0.2) is 4.68 Å². The van der Waals surface area contributed by atoms with Crippen LogP contribution < -0.4 is 0 Å². The highest BCUT2D eigenvalue weighted by Crippen LogP contribution is 2.26. The summed E-state index contributed by atoms with van der Waals surface area (Å²) in [6.45, 7) is 3.79. The molecule has 0 saturated carbocycles. The summed E-state index contributed by atoms with van der Waals surface area (Å²) in [5.41, 5.74) is 2.15. The van der Waals surface area contributed by atoms with Gasteiger partial charge in [0.1, 0.15) is 6.33 Å². The molecule has 0 unspecified atom stereocenters. The fourth-order valence-electron chi connectivity index (χ4n) is 2.05. The monoisotopic (exact) mass is 298 g/mol. The summed E-state index contributed by atoms with van der Waals surface area (Å²) in [5, 5.41) is 35.6. The van der Waals surface area contributed by atoms with Crippen LogP contribution in [0.25, 0.3) is 5.95 Å². The molecule has 8 heteroatoms. The Kier molecular flexibility index (Phi) is 3.34. The molecule has 0 amide bonds. The zero-order valence-corrected chi connectivity index (χ0v) is 12.0. The lowest BCUT2D eigenvalue weighted by Gasteiger charge is -2.03. The second-order valence-corrected chi connectivity index (χ2v) is 4.77. The van der Waals surface area contributed by atoms with E-state index >= 15 is 0 Å². The molecule has 0 bridgehead atoms. The second-order valence-electron chi connectivity index (χ2n) is 4.77. The number of phenols is 2. The van der Waals surface area contributed by atoms with Crippen molar-refractivity contribution >= 4 is 6.21 Å². The lowest BCUT2D eigenvalue weighted by molar-refractivity contribution is 0.403. The minimum atomic E-state index is -0.230. The van der Waals surface area contributed by atoms with Crippen molar-refractivity contribution in [1.29, 1.82) is 0 Å². The topological polar surface area (TPSA) is 101 Å². The van der Waals surface area contributed by atoms with Gasteiger partial charge >= 0.3 is 0 Å². The lowest BCUT2D eigenvalue weighted by atomic mass is 10.2. The van der Waals surface area contributed by atoms with E-state index in [0.717, 1.165) is 11.4 Å². The average Bonchev–Trinajstić information content (AvgIpc) is 3.06. The van der Waals surface area contributed by atoms with Gasteiger partial charge < -0.3 is 10.2 Å². The Morgan fingerprint density at radius 3 is 2.77 bits per heavy atom. The molecule has 0 atom stereocenters. The molecule has 22 heavy (non-hydrogen) atoms. The smallest absolute Gasteiger partial charge is 0.273 e. The Morgan fingerprint density at radius 2 is 2.05 bits per heavy atom. The number of aromatic hydroxyl groups is 2. The molecule has 0 fully saturated rings. The Bertz CT molecular complexity index is 849.